The van der Waals surface area contributed by atoms with Crippen molar-refractivity contribution in [2.24, 2.45) is 5.92 Å². The van der Waals surface area contributed by atoms with Crippen molar-refractivity contribution in [3.63, 3.8) is 0 Å². The fourth-order valence-corrected chi connectivity index (χ4v) is 3.04. The molecule has 0 bridgehead atoms. The number of hydrogen-bond acceptors (Lipinski definition) is 1. The molecule has 1 nitrogen and oxygen atoms in total. The summed E-state index contributed by atoms with van der Waals surface area (Å²) in [5, 5.41) is 0. The van der Waals surface area contributed by atoms with Crippen molar-refractivity contribution in [3.05, 3.63) is 0 Å². The van der Waals surface area contributed by atoms with Gasteiger partial charge >= 0.3 is 0 Å². The molecule has 0 aromatic heterocycles. The van der Waals surface area contributed by atoms with E-state index in [9.17, 15) is 0 Å². The van der Waals surface area contributed by atoms with E-state index in [0.717, 1.165) is 5.92 Å². The summed E-state index contributed by atoms with van der Waals surface area (Å²) in [5.41, 5.74) is 0. The zero-order chi connectivity index (χ0) is 12.3. The Morgan fingerprint density at radius 1 is 0.778 bits per heavy atom. The molecule has 0 saturated heterocycles. The first kappa shape index (κ1) is 18.2. The number of halogens is 1. The molecule has 1 saturated carbocycles. The summed E-state index contributed by atoms with van der Waals surface area (Å²) >= 11 is 0. The lowest BCUT2D eigenvalue weighted by molar-refractivity contribution is 0.327. The van der Waals surface area contributed by atoms with E-state index in [4.69, 9.17) is 0 Å². The predicted octanol–water partition coefficient (Wildman–Crippen LogP) is 5.28. The summed E-state index contributed by atoms with van der Waals surface area (Å²) in [4.78, 5) is 2.29. The molecule has 18 heavy (non-hydrogen) atoms. The van der Waals surface area contributed by atoms with Crippen LogP contribution in [-0.2, 0) is 0 Å². The van der Waals surface area contributed by atoms with Crippen LogP contribution in [0.1, 0.15) is 77.0 Å². The summed E-state index contributed by atoms with van der Waals surface area (Å²) < 4.78 is 0. The Hall–Kier alpha value is 0.250. The lowest BCUT2D eigenvalue weighted by Crippen LogP contribution is -2.12. The quantitative estimate of drug-likeness (QED) is 0.518. The van der Waals surface area contributed by atoms with Gasteiger partial charge in [0.15, 0.2) is 0 Å². The molecule has 0 radical (unpaired) electrons. The Morgan fingerprint density at radius 3 is 1.94 bits per heavy atom. The maximum absolute atomic E-state index is 2.29. The number of hydrogen-bond donors (Lipinski definition) is 0. The van der Waals surface area contributed by atoms with E-state index in [0.29, 0.717) is 0 Å². The van der Waals surface area contributed by atoms with Crippen LogP contribution in [0.25, 0.3) is 0 Å². The minimum atomic E-state index is 0. The highest BCUT2D eigenvalue weighted by molar-refractivity contribution is 5.85. The molecular formula is C16H34ClN. The smallest absolute Gasteiger partial charge is 0.00248 e. The normalized spacial score (nSPS) is 16.8. The maximum atomic E-state index is 2.29. The molecule has 0 heterocycles. The molecule has 0 aromatic carbocycles. The molecule has 0 aliphatic heterocycles. The third-order valence-electron chi connectivity index (χ3n) is 4.19. The van der Waals surface area contributed by atoms with E-state index >= 15 is 0 Å². The van der Waals surface area contributed by atoms with Crippen LogP contribution in [0.4, 0.5) is 0 Å². The third-order valence-corrected chi connectivity index (χ3v) is 4.19. The zero-order valence-corrected chi connectivity index (χ0v) is 13.4. The van der Waals surface area contributed by atoms with Gasteiger partial charge in [0.05, 0.1) is 0 Å². The first-order chi connectivity index (χ1) is 8.29. The minimum absolute atomic E-state index is 0. The monoisotopic (exact) mass is 275 g/mol. The molecule has 1 rings (SSSR count). The number of nitrogens with zero attached hydrogens (tertiary/aromatic N) is 1. The Labute approximate surface area is 121 Å². The molecule has 1 aliphatic carbocycles. The van der Waals surface area contributed by atoms with Gasteiger partial charge in [-0.05, 0) is 33.0 Å². The highest BCUT2D eigenvalue weighted by atomic mass is 35.5. The van der Waals surface area contributed by atoms with Gasteiger partial charge in [-0.1, -0.05) is 70.6 Å². The highest BCUT2D eigenvalue weighted by Gasteiger charge is 2.12. The van der Waals surface area contributed by atoms with Crippen LogP contribution in [0, 0.1) is 5.92 Å². The summed E-state index contributed by atoms with van der Waals surface area (Å²) in [5.74, 6) is 1.09. The average molecular weight is 276 g/mol. The van der Waals surface area contributed by atoms with E-state index < -0.39 is 0 Å². The van der Waals surface area contributed by atoms with Gasteiger partial charge in [-0.15, -0.1) is 12.4 Å². The number of unbranched alkanes of at least 4 members (excludes halogenated alkanes) is 5. The maximum Gasteiger partial charge on any atom is -0.00248 e. The van der Waals surface area contributed by atoms with Gasteiger partial charge in [0.1, 0.15) is 0 Å². The second kappa shape index (κ2) is 12.3. The Kier molecular flexibility index (Phi) is 12.5. The van der Waals surface area contributed by atoms with Crippen LogP contribution in [0.3, 0.4) is 0 Å². The molecular weight excluding hydrogens is 242 g/mol. The van der Waals surface area contributed by atoms with Crippen molar-refractivity contribution in [2.75, 3.05) is 20.6 Å². The molecule has 0 spiro atoms. The Morgan fingerprint density at radius 2 is 1.33 bits per heavy atom. The molecule has 0 unspecified atom stereocenters. The van der Waals surface area contributed by atoms with Gasteiger partial charge in [0.25, 0.3) is 0 Å². The fraction of sp³-hybridized carbons (Fsp3) is 1.00. The lowest BCUT2D eigenvalue weighted by Gasteiger charge is -2.21. The van der Waals surface area contributed by atoms with E-state index in [1.807, 2.05) is 0 Å². The summed E-state index contributed by atoms with van der Waals surface area (Å²) in [6.45, 7) is 1.27. The third kappa shape index (κ3) is 10.2. The molecule has 0 N–H and O–H groups in total. The predicted molar refractivity (Wildman–Crippen MR) is 84.7 cm³/mol. The molecule has 1 fully saturated rings. The molecule has 1 aliphatic rings. The molecule has 0 aromatic rings. The average Bonchev–Trinajstić information content (AvgIpc) is 2.33. The topological polar surface area (TPSA) is 3.24 Å². The van der Waals surface area contributed by atoms with Crippen LogP contribution < -0.4 is 0 Å². The van der Waals surface area contributed by atoms with Gasteiger partial charge in [0, 0.05) is 0 Å². The van der Waals surface area contributed by atoms with Crippen LogP contribution in [0.5, 0.6) is 0 Å². The van der Waals surface area contributed by atoms with Crippen molar-refractivity contribution in [2.45, 2.75) is 77.0 Å². The fourth-order valence-electron chi connectivity index (χ4n) is 3.04. The molecule has 0 atom stereocenters. The van der Waals surface area contributed by atoms with Gasteiger partial charge in [-0.3, -0.25) is 0 Å². The van der Waals surface area contributed by atoms with Crippen LogP contribution >= 0.6 is 12.4 Å². The van der Waals surface area contributed by atoms with Gasteiger partial charge in [0.2, 0.25) is 0 Å². The molecule has 2 heteroatoms. The number of rotatable bonds is 9. The first-order valence-corrected chi connectivity index (χ1v) is 7.94. The van der Waals surface area contributed by atoms with Gasteiger partial charge in [-0.2, -0.15) is 0 Å². The second-order valence-electron chi connectivity index (χ2n) is 6.22. The van der Waals surface area contributed by atoms with Crippen molar-refractivity contribution in [3.8, 4) is 0 Å². The van der Waals surface area contributed by atoms with Crippen LogP contribution in [0.15, 0.2) is 0 Å². The lowest BCUT2D eigenvalue weighted by atomic mass is 9.85. The first-order valence-electron chi connectivity index (χ1n) is 7.94. The van der Waals surface area contributed by atoms with Crippen molar-refractivity contribution in [1.29, 1.82) is 0 Å². The van der Waals surface area contributed by atoms with Crippen LogP contribution in [-0.4, -0.2) is 25.5 Å². The van der Waals surface area contributed by atoms with Crippen LogP contribution in [0.2, 0.25) is 0 Å². The largest absolute Gasteiger partial charge is 0.309 e. The molecule has 0 amide bonds. The minimum Gasteiger partial charge on any atom is -0.309 e. The van der Waals surface area contributed by atoms with Crippen molar-refractivity contribution < 1.29 is 0 Å². The summed E-state index contributed by atoms with van der Waals surface area (Å²) in [6.07, 6.45) is 17.8. The van der Waals surface area contributed by atoms with E-state index in [-0.39, 0.29) is 12.4 Å². The van der Waals surface area contributed by atoms with Crippen molar-refractivity contribution in [1.82, 2.24) is 4.90 Å². The Balaban J connectivity index is 0.00000289. The van der Waals surface area contributed by atoms with E-state index in [2.05, 4.69) is 19.0 Å². The SMILES string of the molecule is CN(C)CCCCCCCCC1CCCCC1.Cl. The van der Waals surface area contributed by atoms with Gasteiger partial charge in [-0.25, -0.2) is 0 Å². The van der Waals surface area contributed by atoms with Gasteiger partial charge < -0.3 is 4.90 Å². The summed E-state index contributed by atoms with van der Waals surface area (Å²) in [7, 11) is 4.34. The highest BCUT2D eigenvalue weighted by Crippen LogP contribution is 2.28. The zero-order valence-electron chi connectivity index (χ0n) is 12.6. The van der Waals surface area contributed by atoms with Crippen molar-refractivity contribution >= 4 is 12.4 Å². The molecule has 110 valence electrons. The Bertz CT molecular complexity index is 164. The van der Waals surface area contributed by atoms with E-state index in [1.165, 1.54) is 83.6 Å². The summed E-state index contributed by atoms with van der Waals surface area (Å²) in [6, 6.07) is 0. The van der Waals surface area contributed by atoms with E-state index in [1.54, 1.807) is 0 Å². The standard InChI is InChI=1S/C16H33N.ClH/c1-17(2)15-11-6-4-3-5-8-12-16-13-9-7-10-14-16;/h16H,3-15H2,1-2H3;1H. The second-order valence-corrected chi connectivity index (χ2v) is 6.22.